The van der Waals surface area contributed by atoms with Gasteiger partial charge in [-0.3, -0.25) is 4.98 Å². The topological polar surface area (TPSA) is 54.5 Å². The molecule has 130 valence electrons. The van der Waals surface area contributed by atoms with E-state index in [1.54, 1.807) is 0 Å². The van der Waals surface area contributed by atoms with Gasteiger partial charge in [0.15, 0.2) is 0 Å². The van der Waals surface area contributed by atoms with Crippen LogP contribution < -0.4 is 5.32 Å². The third kappa shape index (κ3) is 3.41. The predicted molar refractivity (Wildman–Crippen MR) is 91.5 cm³/mol. The molecule has 3 aliphatic rings. The Bertz CT molecular complexity index is 555. The molecule has 0 radical (unpaired) electrons. The number of carbonyl (C=O) groups excluding carboxylic acids is 1. The van der Waals surface area contributed by atoms with Crippen LogP contribution in [0, 0.1) is 11.8 Å². The normalized spacial score (nSPS) is 26.3. The highest BCUT2D eigenvalue weighted by Crippen LogP contribution is 2.38. The van der Waals surface area contributed by atoms with E-state index in [0.717, 1.165) is 5.69 Å². The van der Waals surface area contributed by atoms with Crippen molar-refractivity contribution in [2.45, 2.75) is 50.6 Å². The summed E-state index contributed by atoms with van der Waals surface area (Å²) in [4.78, 5) is 19.6. The molecule has 4 rings (SSSR count). The first-order chi connectivity index (χ1) is 11.8. The van der Waals surface area contributed by atoms with Gasteiger partial charge in [-0.25, -0.2) is 4.79 Å². The van der Waals surface area contributed by atoms with Crippen molar-refractivity contribution in [2.75, 3.05) is 19.8 Å². The summed E-state index contributed by atoms with van der Waals surface area (Å²) in [6, 6.07) is 6.34. The van der Waals surface area contributed by atoms with Crippen LogP contribution >= 0.6 is 0 Å². The molecular weight excluding hydrogens is 302 g/mol. The van der Waals surface area contributed by atoms with Crippen LogP contribution in [0.4, 0.5) is 4.79 Å². The molecule has 5 nitrogen and oxygen atoms in total. The highest BCUT2D eigenvalue weighted by Gasteiger charge is 2.40. The smallest absolute Gasteiger partial charge is 0.318 e. The quantitative estimate of drug-likeness (QED) is 0.923. The zero-order valence-corrected chi connectivity index (χ0v) is 14.2. The summed E-state index contributed by atoms with van der Waals surface area (Å²) in [5.41, 5.74) is 0.994. The molecule has 2 unspecified atom stereocenters. The van der Waals surface area contributed by atoms with E-state index in [0.29, 0.717) is 31.6 Å². The number of nitrogens with zero attached hydrogens (tertiary/aromatic N) is 2. The number of carbonyl (C=O) groups is 1. The molecule has 0 bridgehead atoms. The van der Waals surface area contributed by atoms with Gasteiger partial charge in [0.05, 0.1) is 31.0 Å². The van der Waals surface area contributed by atoms with E-state index >= 15 is 0 Å². The Balaban J connectivity index is 1.49. The molecule has 0 spiro atoms. The van der Waals surface area contributed by atoms with Gasteiger partial charge in [-0.15, -0.1) is 0 Å². The van der Waals surface area contributed by atoms with E-state index < -0.39 is 0 Å². The molecule has 1 aromatic rings. The van der Waals surface area contributed by atoms with Crippen molar-refractivity contribution in [1.29, 1.82) is 0 Å². The second kappa shape index (κ2) is 7.09. The fourth-order valence-electron chi connectivity index (χ4n) is 4.25. The number of rotatable bonds is 4. The SMILES string of the molecule is O=C(NC(c1ccccn1)C1CCCC1)N1CCOCC1C1CC1. The second-order valence-electron chi connectivity index (χ2n) is 7.40. The first-order valence-corrected chi connectivity index (χ1v) is 9.39. The number of amides is 2. The van der Waals surface area contributed by atoms with Crippen LogP contribution in [0.25, 0.3) is 0 Å². The zero-order chi connectivity index (χ0) is 16.4. The van der Waals surface area contributed by atoms with Crippen LogP contribution in [0.1, 0.15) is 50.3 Å². The summed E-state index contributed by atoms with van der Waals surface area (Å²) in [5, 5.41) is 3.33. The largest absolute Gasteiger partial charge is 0.377 e. The highest BCUT2D eigenvalue weighted by molar-refractivity contribution is 5.75. The highest BCUT2D eigenvalue weighted by atomic mass is 16.5. The molecule has 1 N–H and O–H groups in total. The van der Waals surface area contributed by atoms with Crippen LogP contribution in [0.15, 0.2) is 24.4 Å². The number of ether oxygens (including phenoxy) is 1. The van der Waals surface area contributed by atoms with Crippen LogP contribution in [-0.4, -0.2) is 41.7 Å². The molecule has 24 heavy (non-hydrogen) atoms. The zero-order valence-electron chi connectivity index (χ0n) is 14.2. The number of morpholine rings is 1. The third-order valence-corrected chi connectivity index (χ3v) is 5.75. The molecule has 2 aliphatic carbocycles. The van der Waals surface area contributed by atoms with Crippen LogP contribution in [0.2, 0.25) is 0 Å². The minimum absolute atomic E-state index is 0.0314. The van der Waals surface area contributed by atoms with Crippen molar-refractivity contribution >= 4 is 6.03 Å². The van der Waals surface area contributed by atoms with Gasteiger partial charge in [0.2, 0.25) is 0 Å². The molecule has 2 amide bonds. The Morgan fingerprint density at radius 2 is 2.08 bits per heavy atom. The average Bonchev–Trinajstić information content (AvgIpc) is 3.35. The monoisotopic (exact) mass is 329 g/mol. The molecule has 3 fully saturated rings. The Morgan fingerprint density at radius 3 is 2.79 bits per heavy atom. The van der Waals surface area contributed by atoms with E-state index in [2.05, 4.69) is 10.3 Å². The molecule has 2 heterocycles. The summed E-state index contributed by atoms with van der Waals surface area (Å²) >= 11 is 0. The lowest BCUT2D eigenvalue weighted by Gasteiger charge is -2.37. The maximum absolute atomic E-state index is 13.0. The summed E-state index contributed by atoms with van der Waals surface area (Å²) < 4.78 is 5.62. The number of aromatic nitrogens is 1. The van der Waals surface area contributed by atoms with Gasteiger partial charge >= 0.3 is 6.03 Å². The molecule has 1 aromatic heterocycles. The number of pyridine rings is 1. The van der Waals surface area contributed by atoms with Gasteiger partial charge in [0.25, 0.3) is 0 Å². The maximum atomic E-state index is 13.0. The van der Waals surface area contributed by atoms with E-state index in [1.165, 1.54) is 38.5 Å². The summed E-state index contributed by atoms with van der Waals surface area (Å²) in [7, 11) is 0. The fourth-order valence-corrected chi connectivity index (χ4v) is 4.25. The van der Waals surface area contributed by atoms with Gasteiger partial charge in [-0.05, 0) is 49.7 Å². The summed E-state index contributed by atoms with van der Waals surface area (Å²) in [6.07, 6.45) is 9.14. The lowest BCUT2D eigenvalue weighted by Crippen LogP contribution is -2.54. The average molecular weight is 329 g/mol. The predicted octanol–water partition coefficient (Wildman–Crippen LogP) is 3.13. The van der Waals surface area contributed by atoms with Crippen molar-refractivity contribution in [3.05, 3.63) is 30.1 Å². The number of nitrogens with one attached hydrogen (secondary N) is 1. The fraction of sp³-hybridized carbons (Fsp3) is 0.684. The molecule has 5 heteroatoms. The molecular formula is C19H27N3O2. The first kappa shape index (κ1) is 15.9. The number of hydrogen-bond donors (Lipinski definition) is 1. The van der Waals surface area contributed by atoms with E-state index in [1.807, 2.05) is 29.3 Å². The second-order valence-corrected chi connectivity index (χ2v) is 7.40. The van der Waals surface area contributed by atoms with Crippen LogP contribution in [0.5, 0.6) is 0 Å². The van der Waals surface area contributed by atoms with Crippen molar-refractivity contribution in [2.24, 2.45) is 11.8 Å². The number of urea groups is 1. The van der Waals surface area contributed by atoms with Gasteiger partial charge in [-0.1, -0.05) is 18.9 Å². The Morgan fingerprint density at radius 1 is 1.25 bits per heavy atom. The number of hydrogen-bond acceptors (Lipinski definition) is 3. The molecule has 1 saturated heterocycles. The lowest BCUT2D eigenvalue weighted by molar-refractivity contribution is 0.00365. The Labute approximate surface area is 143 Å². The minimum Gasteiger partial charge on any atom is -0.377 e. The summed E-state index contributed by atoms with van der Waals surface area (Å²) in [5.74, 6) is 1.14. The van der Waals surface area contributed by atoms with Crippen LogP contribution in [-0.2, 0) is 4.74 Å². The first-order valence-electron chi connectivity index (χ1n) is 9.39. The molecule has 1 aliphatic heterocycles. The van der Waals surface area contributed by atoms with Crippen LogP contribution in [0.3, 0.4) is 0 Å². The van der Waals surface area contributed by atoms with Gasteiger partial charge in [0.1, 0.15) is 0 Å². The molecule has 0 aromatic carbocycles. The van der Waals surface area contributed by atoms with Gasteiger partial charge in [-0.2, -0.15) is 0 Å². The minimum atomic E-state index is 0.0314. The molecule has 2 atom stereocenters. The van der Waals surface area contributed by atoms with Crippen molar-refractivity contribution < 1.29 is 9.53 Å². The van der Waals surface area contributed by atoms with Crippen molar-refractivity contribution in [1.82, 2.24) is 15.2 Å². The summed E-state index contributed by atoms with van der Waals surface area (Å²) in [6.45, 7) is 2.04. The van der Waals surface area contributed by atoms with Crippen molar-refractivity contribution in [3.8, 4) is 0 Å². The third-order valence-electron chi connectivity index (χ3n) is 5.75. The van der Waals surface area contributed by atoms with Crippen molar-refractivity contribution in [3.63, 3.8) is 0 Å². The Kier molecular flexibility index (Phi) is 4.69. The van der Waals surface area contributed by atoms with Gasteiger partial charge in [0, 0.05) is 12.7 Å². The van der Waals surface area contributed by atoms with E-state index in [-0.39, 0.29) is 18.1 Å². The maximum Gasteiger partial charge on any atom is 0.318 e. The lowest BCUT2D eigenvalue weighted by atomic mass is 9.95. The van der Waals surface area contributed by atoms with E-state index in [9.17, 15) is 4.79 Å². The van der Waals surface area contributed by atoms with Gasteiger partial charge < -0.3 is 15.0 Å². The molecule has 2 saturated carbocycles. The standard InChI is InChI=1S/C19H27N3O2/c23-19(22-11-12-24-13-17(22)14-8-9-14)21-18(15-5-1-2-6-15)16-7-3-4-10-20-16/h3-4,7,10,14-15,17-18H,1-2,5-6,8-9,11-13H2,(H,21,23). The van der Waals surface area contributed by atoms with E-state index in [4.69, 9.17) is 4.74 Å². The Hall–Kier alpha value is -1.62.